The number of halogens is 3. The minimum absolute atomic E-state index is 0.329. The summed E-state index contributed by atoms with van der Waals surface area (Å²) in [5.41, 5.74) is 2.44. The summed E-state index contributed by atoms with van der Waals surface area (Å²) in [4.78, 5) is 52.7. The minimum atomic E-state index is -4.69. The molecule has 2 atom stereocenters. The van der Waals surface area contributed by atoms with E-state index in [9.17, 15) is 32.3 Å². The molecule has 39 heavy (non-hydrogen) atoms. The highest BCUT2D eigenvalue weighted by molar-refractivity contribution is 6.09. The number of carbonyl (C=O) groups excluding carboxylic acids is 4. The first kappa shape index (κ1) is 24.8. The van der Waals surface area contributed by atoms with Crippen molar-refractivity contribution in [3.05, 3.63) is 101 Å². The molecule has 0 radical (unpaired) electrons. The Morgan fingerprint density at radius 1 is 0.769 bits per heavy atom. The van der Waals surface area contributed by atoms with Crippen LogP contribution in [0.2, 0.25) is 0 Å². The second-order valence-corrected chi connectivity index (χ2v) is 9.78. The first-order valence-corrected chi connectivity index (χ1v) is 12.3. The Balaban J connectivity index is 1.16. The number of alkyl halides is 3. The van der Waals surface area contributed by atoms with E-state index in [0.29, 0.717) is 0 Å². The summed E-state index contributed by atoms with van der Waals surface area (Å²) in [5.74, 6) is -4.96. The zero-order chi connectivity index (χ0) is 27.5. The van der Waals surface area contributed by atoms with Gasteiger partial charge in [-0.3, -0.25) is 24.1 Å². The number of carbonyl (C=O) groups is 4. The SMILES string of the molecule is O=C(COC(=O)CN1C(=O)[C@H]2C3c4ccccc4C(c4ccccc43)[C@@H]2C1=O)Nc1ccccc1C(F)(F)F. The van der Waals surface area contributed by atoms with Gasteiger partial charge in [0, 0.05) is 11.8 Å². The van der Waals surface area contributed by atoms with Crippen LogP contribution in [0.4, 0.5) is 18.9 Å². The van der Waals surface area contributed by atoms with Gasteiger partial charge in [0.15, 0.2) is 6.61 Å². The van der Waals surface area contributed by atoms with Crippen LogP contribution in [0.15, 0.2) is 72.8 Å². The fraction of sp³-hybridized carbons (Fsp3) is 0.241. The van der Waals surface area contributed by atoms with Crippen molar-refractivity contribution in [2.24, 2.45) is 11.8 Å². The Hall–Kier alpha value is -4.47. The highest BCUT2D eigenvalue weighted by Crippen LogP contribution is 2.60. The van der Waals surface area contributed by atoms with Crippen LogP contribution in [0.25, 0.3) is 0 Å². The first-order valence-electron chi connectivity index (χ1n) is 12.3. The van der Waals surface area contributed by atoms with Crippen molar-refractivity contribution in [2.45, 2.75) is 18.0 Å². The quantitative estimate of drug-likeness (QED) is 0.394. The van der Waals surface area contributed by atoms with Crippen molar-refractivity contribution in [1.29, 1.82) is 0 Å². The van der Waals surface area contributed by atoms with Crippen LogP contribution in [-0.2, 0) is 30.1 Å². The van der Waals surface area contributed by atoms with Crippen LogP contribution >= 0.6 is 0 Å². The van der Waals surface area contributed by atoms with Gasteiger partial charge in [-0.25, -0.2) is 0 Å². The van der Waals surface area contributed by atoms with Crippen molar-refractivity contribution < 1.29 is 37.1 Å². The molecule has 1 fully saturated rings. The van der Waals surface area contributed by atoms with Crippen LogP contribution in [0, 0.1) is 11.8 Å². The number of amides is 3. The lowest BCUT2D eigenvalue weighted by atomic mass is 9.55. The summed E-state index contributed by atoms with van der Waals surface area (Å²) in [5, 5.41) is 2.08. The van der Waals surface area contributed by atoms with E-state index in [1.165, 1.54) is 12.1 Å². The van der Waals surface area contributed by atoms with Gasteiger partial charge >= 0.3 is 12.1 Å². The fourth-order valence-electron chi connectivity index (χ4n) is 6.24. The largest absolute Gasteiger partial charge is 0.454 e. The summed E-state index contributed by atoms with van der Waals surface area (Å²) in [6.07, 6.45) is -4.69. The molecule has 0 saturated carbocycles. The number of anilines is 1. The topological polar surface area (TPSA) is 92.8 Å². The highest BCUT2D eigenvalue weighted by atomic mass is 19.4. The van der Waals surface area contributed by atoms with E-state index in [1.807, 2.05) is 48.5 Å². The standard InChI is InChI=1S/C29H21F3N2O5/c30-29(31,32)19-11-5-6-12-20(19)33-21(35)14-39-22(36)13-34-27(37)25-23-15-7-1-2-8-16(15)24(26(25)28(34)38)18-10-4-3-9-17(18)23/h1-12,23-26H,13-14H2,(H,33,35)/t23?,24?,25-,26-/m0/s1. The molecule has 1 saturated heterocycles. The number of imide groups is 1. The molecular weight excluding hydrogens is 513 g/mol. The molecule has 3 aromatic carbocycles. The average Bonchev–Trinajstić information content (AvgIpc) is 3.17. The number of nitrogens with zero attached hydrogens (tertiary/aromatic N) is 1. The minimum Gasteiger partial charge on any atom is -0.454 e. The van der Waals surface area contributed by atoms with Crippen LogP contribution in [0.5, 0.6) is 0 Å². The van der Waals surface area contributed by atoms with Gasteiger partial charge < -0.3 is 10.1 Å². The van der Waals surface area contributed by atoms with E-state index in [2.05, 4.69) is 5.32 Å². The molecule has 0 aromatic heterocycles. The highest BCUT2D eigenvalue weighted by Gasteiger charge is 2.61. The van der Waals surface area contributed by atoms with Gasteiger partial charge in [-0.1, -0.05) is 60.7 Å². The van der Waals surface area contributed by atoms with Gasteiger partial charge in [0.25, 0.3) is 5.91 Å². The maximum Gasteiger partial charge on any atom is 0.418 e. The lowest BCUT2D eigenvalue weighted by Gasteiger charge is -2.45. The molecular formula is C29H21F3N2O5. The molecule has 10 heteroatoms. The van der Waals surface area contributed by atoms with Crippen LogP contribution in [0.3, 0.4) is 0 Å². The third-order valence-electron chi connectivity index (χ3n) is 7.70. The van der Waals surface area contributed by atoms with Crippen LogP contribution in [0.1, 0.15) is 39.7 Å². The predicted octanol–water partition coefficient (Wildman–Crippen LogP) is 4.08. The summed E-state index contributed by atoms with van der Waals surface area (Å²) < 4.78 is 44.4. The van der Waals surface area contributed by atoms with Gasteiger partial charge in [-0.2, -0.15) is 13.2 Å². The zero-order valence-electron chi connectivity index (χ0n) is 20.3. The predicted molar refractivity (Wildman–Crippen MR) is 131 cm³/mol. The van der Waals surface area contributed by atoms with Crippen LogP contribution in [-0.4, -0.2) is 41.7 Å². The molecule has 198 valence electrons. The van der Waals surface area contributed by atoms with Crippen LogP contribution < -0.4 is 5.32 Å². The second kappa shape index (κ2) is 9.07. The maximum atomic E-state index is 13.5. The smallest absolute Gasteiger partial charge is 0.418 e. The molecule has 1 aliphatic heterocycles. The third-order valence-corrected chi connectivity index (χ3v) is 7.70. The molecule has 7 nitrogen and oxygen atoms in total. The van der Waals surface area contributed by atoms with Crippen molar-refractivity contribution >= 4 is 29.4 Å². The molecule has 3 aromatic rings. The Morgan fingerprint density at radius 3 is 1.72 bits per heavy atom. The summed E-state index contributed by atoms with van der Waals surface area (Å²) in [6, 6.07) is 19.8. The Morgan fingerprint density at radius 2 is 1.23 bits per heavy atom. The van der Waals surface area contributed by atoms with Crippen molar-refractivity contribution in [1.82, 2.24) is 4.90 Å². The molecule has 3 aliphatic carbocycles. The summed E-state index contributed by atoms with van der Waals surface area (Å²) >= 11 is 0. The van der Waals surface area contributed by atoms with Gasteiger partial charge in [-0.15, -0.1) is 0 Å². The molecule has 7 rings (SSSR count). The monoisotopic (exact) mass is 534 g/mol. The number of esters is 1. The molecule has 0 unspecified atom stereocenters. The Kier molecular flexibility index (Phi) is 5.78. The molecule has 0 spiro atoms. The molecule has 3 amide bonds. The van der Waals surface area contributed by atoms with E-state index in [4.69, 9.17) is 4.74 Å². The Bertz CT molecular complexity index is 1420. The normalized spacial score (nSPS) is 22.7. The summed E-state index contributed by atoms with van der Waals surface area (Å²) in [7, 11) is 0. The molecule has 2 bridgehead atoms. The lowest BCUT2D eigenvalue weighted by Crippen LogP contribution is -2.41. The number of nitrogens with one attached hydrogen (secondary N) is 1. The van der Waals surface area contributed by atoms with E-state index in [0.717, 1.165) is 39.3 Å². The number of likely N-dealkylation sites (tertiary alicyclic amines) is 1. The third kappa shape index (κ3) is 3.98. The summed E-state index contributed by atoms with van der Waals surface area (Å²) in [6.45, 7) is -1.57. The van der Waals surface area contributed by atoms with Crippen molar-refractivity contribution in [2.75, 3.05) is 18.5 Å². The van der Waals surface area contributed by atoms with E-state index < -0.39 is 66.1 Å². The number of hydrogen-bond donors (Lipinski definition) is 1. The number of rotatable bonds is 5. The van der Waals surface area contributed by atoms with Gasteiger partial charge in [0.1, 0.15) is 6.54 Å². The number of ether oxygens (including phenoxy) is 1. The van der Waals surface area contributed by atoms with Gasteiger partial charge in [0.2, 0.25) is 11.8 Å². The van der Waals surface area contributed by atoms with Crippen molar-refractivity contribution in [3.63, 3.8) is 0 Å². The molecule has 4 aliphatic rings. The number of para-hydroxylation sites is 1. The number of hydrogen-bond acceptors (Lipinski definition) is 5. The second-order valence-electron chi connectivity index (χ2n) is 9.78. The fourth-order valence-corrected chi connectivity index (χ4v) is 6.24. The first-order chi connectivity index (χ1) is 18.7. The zero-order valence-corrected chi connectivity index (χ0v) is 20.3. The molecule has 1 N–H and O–H groups in total. The Labute approximate surface area is 220 Å². The van der Waals surface area contributed by atoms with Gasteiger partial charge in [-0.05, 0) is 34.4 Å². The van der Waals surface area contributed by atoms with E-state index in [-0.39, 0.29) is 11.8 Å². The average molecular weight is 534 g/mol. The van der Waals surface area contributed by atoms with Gasteiger partial charge in [0.05, 0.1) is 23.1 Å². The van der Waals surface area contributed by atoms with E-state index in [1.54, 1.807) is 0 Å². The number of benzene rings is 3. The molecule has 1 heterocycles. The van der Waals surface area contributed by atoms with E-state index >= 15 is 0 Å². The van der Waals surface area contributed by atoms with Crippen molar-refractivity contribution in [3.8, 4) is 0 Å². The maximum absolute atomic E-state index is 13.5. The lowest BCUT2D eigenvalue weighted by molar-refractivity contribution is -0.154.